The van der Waals surface area contributed by atoms with Crippen molar-refractivity contribution in [1.82, 2.24) is 9.55 Å². The normalized spacial score (nSPS) is 11.6. The van der Waals surface area contributed by atoms with Crippen molar-refractivity contribution in [2.24, 2.45) is 0 Å². The van der Waals surface area contributed by atoms with Crippen LogP contribution in [-0.2, 0) is 0 Å². The van der Waals surface area contributed by atoms with Crippen LogP contribution in [0, 0.1) is 0 Å². The quantitative estimate of drug-likeness (QED) is 0.223. The van der Waals surface area contributed by atoms with Crippen LogP contribution in [-0.4, -0.2) is 9.55 Å². The molecule has 2 nitrogen and oxygen atoms in total. The minimum atomic E-state index is 1.13. The summed E-state index contributed by atoms with van der Waals surface area (Å²) in [6.07, 6.45) is 3.80. The Kier molecular flexibility index (Phi) is 4.86. The Morgan fingerprint density at radius 1 is 0.410 bits per heavy atom. The molecule has 0 saturated carbocycles. The fraction of sp³-hybridized carbons (Fsp3) is 0. The molecule has 0 N–H and O–H groups in total. The molecule has 0 fully saturated rings. The van der Waals surface area contributed by atoms with Gasteiger partial charge in [-0.1, -0.05) is 103 Å². The minimum absolute atomic E-state index is 1.13. The highest BCUT2D eigenvalue weighted by atomic mass is 15.0. The molecule has 2 aromatic heterocycles. The molecule has 0 amide bonds. The zero-order chi connectivity index (χ0) is 25.8. The van der Waals surface area contributed by atoms with Crippen molar-refractivity contribution in [2.45, 2.75) is 0 Å². The molecule has 0 bridgehead atoms. The van der Waals surface area contributed by atoms with Crippen molar-refractivity contribution in [3.63, 3.8) is 0 Å². The van der Waals surface area contributed by atoms with Crippen LogP contribution in [0.1, 0.15) is 0 Å². The van der Waals surface area contributed by atoms with Crippen LogP contribution in [0.3, 0.4) is 0 Å². The van der Waals surface area contributed by atoms with Gasteiger partial charge in [0.25, 0.3) is 0 Å². The van der Waals surface area contributed by atoms with E-state index in [-0.39, 0.29) is 0 Å². The second-order valence-electron chi connectivity index (χ2n) is 10.0. The van der Waals surface area contributed by atoms with Crippen LogP contribution in [0.4, 0.5) is 0 Å². The SMILES string of the molecule is c1cncc(-c2c3ccccc3c(-c3cccc(-n4c5ccccc5c5ccccc54)c3)c3ccccc23)c1. The van der Waals surface area contributed by atoms with E-state index in [2.05, 4.69) is 137 Å². The summed E-state index contributed by atoms with van der Waals surface area (Å²) in [4.78, 5) is 4.44. The molecule has 0 spiro atoms. The first-order chi connectivity index (χ1) is 19.4. The van der Waals surface area contributed by atoms with Gasteiger partial charge in [-0.2, -0.15) is 0 Å². The summed E-state index contributed by atoms with van der Waals surface area (Å²) in [6, 6.07) is 48.1. The Bertz CT molecular complexity index is 2060. The van der Waals surface area contributed by atoms with E-state index < -0.39 is 0 Å². The lowest BCUT2D eigenvalue weighted by molar-refractivity contribution is 1.18. The summed E-state index contributed by atoms with van der Waals surface area (Å²) in [7, 11) is 0. The highest BCUT2D eigenvalue weighted by Gasteiger charge is 2.17. The molecule has 0 aliphatic carbocycles. The second-order valence-corrected chi connectivity index (χ2v) is 10.0. The molecule has 0 unspecified atom stereocenters. The Balaban J connectivity index is 1.45. The van der Waals surface area contributed by atoms with E-state index in [1.54, 1.807) is 0 Å². The summed E-state index contributed by atoms with van der Waals surface area (Å²) in [6.45, 7) is 0. The van der Waals surface area contributed by atoms with Gasteiger partial charge in [-0.25, -0.2) is 0 Å². The van der Waals surface area contributed by atoms with E-state index in [1.165, 1.54) is 60.0 Å². The van der Waals surface area contributed by atoms with E-state index in [0.29, 0.717) is 0 Å². The zero-order valence-electron chi connectivity index (χ0n) is 21.3. The number of fused-ring (bicyclic) bond motifs is 5. The van der Waals surface area contributed by atoms with E-state index >= 15 is 0 Å². The molecule has 0 aliphatic heterocycles. The molecule has 6 aromatic carbocycles. The Morgan fingerprint density at radius 3 is 1.44 bits per heavy atom. The summed E-state index contributed by atoms with van der Waals surface area (Å²) >= 11 is 0. The topological polar surface area (TPSA) is 17.8 Å². The number of nitrogens with zero attached hydrogens (tertiary/aromatic N) is 2. The molecule has 39 heavy (non-hydrogen) atoms. The van der Waals surface area contributed by atoms with Gasteiger partial charge in [-0.3, -0.25) is 4.98 Å². The number of hydrogen-bond donors (Lipinski definition) is 0. The lowest BCUT2D eigenvalue weighted by Gasteiger charge is -2.18. The van der Waals surface area contributed by atoms with Crippen molar-refractivity contribution < 1.29 is 0 Å². The summed E-state index contributed by atoms with van der Waals surface area (Å²) in [5.74, 6) is 0. The summed E-state index contributed by atoms with van der Waals surface area (Å²) < 4.78 is 2.39. The van der Waals surface area contributed by atoms with Gasteiger partial charge in [-0.15, -0.1) is 0 Å². The standard InChI is InChI=1S/C37H24N2/c1-3-18-32-30(16-1)36(31-17-2-4-19-33(31)37(32)26-12-10-22-38-24-26)25-11-9-13-27(23-25)39-34-20-7-5-14-28(34)29-15-6-8-21-35(29)39/h1-24H. The molecule has 8 aromatic rings. The van der Waals surface area contributed by atoms with Crippen LogP contribution >= 0.6 is 0 Å². The number of benzene rings is 6. The van der Waals surface area contributed by atoms with Gasteiger partial charge in [0.2, 0.25) is 0 Å². The average Bonchev–Trinajstić information content (AvgIpc) is 3.35. The first-order valence-electron chi connectivity index (χ1n) is 13.3. The fourth-order valence-electron chi connectivity index (χ4n) is 6.26. The summed E-state index contributed by atoms with van der Waals surface area (Å²) in [5.41, 5.74) is 8.44. The minimum Gasteiger partial charge on any atom is -0.309 e. The molecule has 0 atom stereocenters. The molecular formula is C37H24N2. The summed E-state index contributed by atoms with van der Waals surface area (Å²) in [5, 5.41) is 7.51. The van der Waals surface area contributed by atoms with E-state index in [0.717, 1.165) is 11.3 Å². The largest absolute Gasteiger partial charge is 0.309 e. The zero-order valence-corrected chi connectivity index (χ0v) is 21.3. The third-order valence-corrected chi connectivity index (χ3v) is 7.85. The molecule has 0 saturated heterocycles. The smallest absolute Gasteiger partial charge is 0.0541 e. The second kappa shape index (κ2) is 8.68. The van der Waals surface area contributed by atoms with Gasteiger partial charge in [0, 0.05) is 34.4 Å². The van der Waals surface area contributed by atoms with Gasteiger partial charge in [0.05, 0.1) is 11.0 Å². The highest BCUT2D eigenvalue weighted by molar-refractivity contribution is 6.21. The molecule has 182 valence electrons. The Labute approximate surface area is 226 Å². The van der Waals surface area contributed by atoms with Crippen LogP contribution < -0.4 is 0 Å². The molecule has 0 aliphatic rings. The molecule has 0 radical (unpaired) electrons. The number of para-hydroxylation sites is 2. The molecule has 2 heterocycles. The third-order valence-electron chi connectivity index (χ3n) is 7.85. The number of aromatic nitrogens is 2. The molecule has 8 rings (SSSR count). The number of hydrogen-bond acceptors (Lipinski definition) is 1. The maximum atomic E-state index is 4.44. The maximum absolute atomic E-state index is 4.44. The van der Waals surface area contributed by atoms with Crippen LogP contribution in [0.15, 0.2) is 146 Å². The van der Waals surface area contributed by atoms with Crippen LogP contribution in [0.5, 0.6) is 0 Å². The monoisotopic (exact) mass is 496 g/mol. The Morgan fingerprint density at radius 2 is 0.897 bits per heavy atom. The van der Waals surface area contributed by atoms with Gasteiger partial charge in [0.15, 0.2) is 0 Å². The van der Waals surface area contributed by atoms with Crippen molar-refractivity contribution in [2.75, 3.05) is 0 Å². The lowest BCUT2D eigenvalue weighted by atomic mass is 9.86. The average molecular weight is 497 g/mol. The van der Waals surface area contributed by atoms with Crippen molar-refractivity contribution in [3.05, 3.63) is 146 Å². The third kappa shape index (κ3) is 3.32. The predicted molar refractivity (Wildman–Crippen MR) is 164 cm³/mol. The van der Waals surface area contributed by atoms with Crippen LogP contribution in [0.2, 0.25) is 0 Å². The van der Waals surface area contributed by atoms with Gasteiger partial charge >= 0.3 is 0 Å². The van der Waals surface area contributed by atoms with Gasteiger partial charge < -0.3 is 4.57 Å². The molecular weight excluding hydrogens is 472 g/mol. The highest BCUT2D eigenvalue weighted by Crippen LogP contribution is 2.44. The van der Waals surface area contributed by atoms with E-state index in [4.69, 9.17) is 0 Å². The first-order valence-corrected chi connectivity index (χ1v) is 13.3. The van der Waals surface area contributed by atoms with E-state index in [9.17, 15) is 0 Å². The predicted octanol–water partition coefficient (Wildman–Crippen LogP) is 9.82. The molecule has 2 heteroatoms. The fourth-order valence-corrected chi connectivity index (χ4v) is 6.26. The Hall–Kier alpha value is -5.21. The van der Waals surface area contributed by atoms with E-state index in [1.807, 2.05) is 18.5 Å². The van der Waals surface area contributed by atoms with Crippen molar-refractivity contribution in [3.8, 4) is 27.9 Å². The van der Waals surface area contributed by atoms with Gasteiger partial charge in [0.1, 0.15) is 0 Å². The van der Waals surface area contributed by atoms with Crippen molar-refractivity contribution in [1.29, 1.82) is 0 Å². The maximum Gasteiger partial charge on any atom is 0.0541 e. The van der Waals surface area contributed by atoms with Gasteiger partial charge in [-0.05, 0) is 68.6 Å². The van der Waals surface area contributed by atoms with Crippen LogP contribution in [0.25, 0.3) is 71.3 Å². The number of rotatable bonds is 3. The number of pyridine rings is 1. The first kappa shape index (κ1) is 21.8. The van der Waals surface area contributed by atoms with Crippen molar-refractivity contribution >= 4 is 43.4 Å². The lowest BCUT2D eigenvalue weighted by Crippen LogP contribution is -1.95.